The van der Waals surface area contributed by atoms with Crippen molar-refractivity contribution in [2.45, 2.75) is 36.6 Å². The van der Waals surface area contributed by atoms with E-state index in [0.717, 1.165) is 25.7 Å². The average molecular weight is 485 g/mol. The van der Waals surface area contributed by atoms with Crippen LogP contribution in [0.25, 0.3) is 11.5 Å². The van der Waals surface area contributed by atoms with Crippen LogP contribution in [0.15, 0.2) is 51.8 Å². The highest BCUT2D eigenvalue weighted by Gasteiger charge is 2.30. The molecule has 0 bridgehead atoms. The molecule has 34 heavy (non-hydrogen) atoms. The third-order valence-corrected chi connectivity index (χ3v) is 7.99. The van der Waals surface area contributed by atoms with Crippen LogP contribution in [0.1, 0.15) is 36.0 Å². The van der Waals surface area contributed by atoms with Crippen LogP contribution < -0.4 is 14.8 Å². The number of carbonyl (C=O) groups is 1. The van der Waals surface area contributed by atoms with Gasteiger partial charge in [0.15, 0.2) is 11.5 Å². The average Bonchev–Trinajstić information content (AvgIpc) is 3.56. The first-order chi connectivity index (χ1) is 16.4. The van der Waals surface area contributed by atoms with Crippen molar-refractivity contribution in [2.75, 3.05) is 25.6 Å². The predicted octanol–water partition coefficient (Wildman–Crippen LogP) is 3.32. The highest BCUT2D eigenvalue weighted by molar-refractivity contribution is 7.89. The van der Waals surface area contributed by atoms with Gasteiger partial charge >= 0.3 is 6.01 Å². The van der Waals surface area contributed by atoms with Gasteiger partial charge in [-0.25, -0.2) is 8.42 Å². The molecule has 3 aromatic rings. The summed E-state index contributed by atoms with van der Waals surface area (Å²) >= 11 is 0. The minimum absolute atomic E-state index is 0.0221. The predicted molar refractivity (Wildman–Crippen MR) is 122 cm³/mol. The van der Waals surface area contributed by atoms with Crippen molar-refractivity contribution in [3.8, 4) is 23.0 Å². The fraction of sp³-hybridized carbons (Fsp3) is 0.348. The van der Waals surface area contributed by atoms with Gasteiger partial charge in [-0.05, 0) is 55.3 Å². The lowest BCUT2D eigenvalue weighted by Gasteiger charge is -2.23. The largest absolute Gasteiger partial charge is 0.486 e. The van der Waals surface area contributed by atoms with Crippen molar-refractivity contribution in [1.29, 1.82) is 0 Å². The van der Waals surface area contributed by atoms with Gasteiger partial charge in [-0.1, -0.05) is 17.9 Å². The molecule has 0 radical (unpaired) electrons. The van der Waals surface area contributed by atoms with E-state index in [2.05, 4.69) is 15.5 Å². The molecule has 2 aromatic carbocycles. The number of rotatable bonds is 6. The van der Waals surface area contributed by atoms with Gasteiger partial charge in [-0.2, -0.15) is 4.31 Å². The van der Waals surface area contributed by atoms with Crippen LogP contribution in [0.5, 0.6) is 11.5 Å². The Bertz CT molecular complexity index is 1300. The van der Waals surface area contributed by atoms with Crippen LogP contribution in [0.3, 0.4) is 0 Å². The first-order valence-corrected chi connectivity index (χ1v) is 12.5. The second kappa shape index (κ2) is 9.07. The molecule has 178 valence electrons. The Morgan fingerprint density at radius 3 is 2.44 bits per heavy atom. The quantitative estimate of drug-likeness (QED) is 0.565. The van der Waals surface area contributed by atoms with Gasteiger partial charge in [0, 0.05) is 24.2 Å². The smallest absolute Gasteiger partial charge is 0.322 e. The van der Waals surface area contributed by atoms with Crippen LogP contribution in [0.4, 0.5) is 6.01 Å². The fourth-order valence-electron chi connectivity index (χ4n) is 4.14. The Hall–Kier alpha value is -3.44. The number of nitrogens with one attached hydrogen (secondary N) is 1. The van der Waals surface area contributed by atoms with E-state index in [-0.39, 0.29) is 28.4 Å². The lowest BCUT2D eigenvalue weighted by atomic mass is 10.2. The first kappa shape index (κ1) is 22.4. The van der Waals surface area contributed by atoms with Crippen LogP contribution in [0, 0.1) is 0 Å². The third-order valence-electron chi connectivity index (χ3n) is 6.07. The molecule has 1 aromatic heterocycles. The molecular formula is C23H24N4O6S. The molecule has 0 unspecified atom stereocenters. The molecule has 2 heterocycles. The second-order valence-electron chi connectivity index (χ2n) is 8.21. The summed E-state index contributed by atoms with van der Waals surface area (Å²) in [6.07, 6.45) is 3.81. The number of benzene rings is 2. The van der Waals surface area contributed by atoms with E-state index in [1.165, 1.54) is 28.6 Å². The van der Waals surface area contributed by atoms with Crippen LogP contribution in [0.2, 0.25) is 0 Å². The van der Waals surface area contributed by atoms with Gasteiger partial charge in [-0.15, -0.1) is 5.10 Å². The number of aromatic nitrogens is 2. The molecule has 0 spiro atoms. The first-order valence-electron chi connectivity index (χ1n) is 11.0. The number of carbonyl (C=O) groups excluding carboxylic acids is 1. The van der Waals surface area contributed by atoms with E-state index in [4.69, 9.17) is 13.9 Å². The number of sulfonamides is 1. The Labute approximate surface area is 196 Å². The molecule has 10 nitrogen and oxygen atoms in total. The molecule has 1 aliphatic carbocycles. The molecule has 11 heteroatoms. The molecular weight excluding hydrogens is 460 g/mol. The summed E-state index contributed by atoms with van der Waals surface area (Å²) in [5.41, 5.74) is 0.889. The van der Waals surface area contributed by atoms with Crippen molar-refractivity contribution in [3.05, 3.63) is 48.0 Å². The van der Waals surface area contributed by atoms with Crippen molar-refractivity contribution < 1.29 is 27.1 Å². The lowest BCUT2D eigenvalue weighted by Crippen LogP contribution is -2.35. The zero-order chi connectivity index (χ0) is 23.7. The van der Waals surface area contributed by atoms with Gasteiger partial charge < -0.3 is 13.9 Å². The van der Waals surface area contributed by atoms with Crippen molar-refractivity contribution >= 4 is 21.9 Å². The fourth-order valence-corrected chi connectivity index (χ4v) is 5.56. The molecule has 1 fully saturated rings. The van der Waals surface area contributed by atoms with Gasteiger partial charge in [-0.3, -0.25) is 10.1 Å². The molecule has 1 aliphatic heterocycles. The minimum Gasteiger partial charge on any atom is -0.486 e. The summed E-state index contributed by atoms with van der Waals surface area (Å²) in [6.45, 7) is 0.950. The van der Waals surface area contributed by atoms with E-state index < -0.39 is 15.9 Å². The third kappa shape index (κ3) is 4.36. The van der Waals surface area contributed by atoms with Crippen LogP contribution >= 0.6 is 0 Å². The Morgan fingerprint density at radius 1 is 1.00 bits per heavy atom. The summed E-state index contributed by atoms with van der Waals surface area (Å²) in [5, 5.41) is 10.4. The molecule has 1 saturated carbocycles. The second-order valence-corrected chi connectivity index (χ2v) is 10.2. The Kier molecular flexibility index (Phi) is 5.96. The Balaban J connectivity index is 1.27. The van der Waals surface area contributed by atoms with E-state index in [9.17, 15) is 13.2 Å². The highest BCUT2D eigenvalue weighted by Crippen LogP contribution is 2.34. The monoisotopic (exact) mass is 484 g/mol. The standard InChI is InChI=1S/C23H24N4O6S/c1-27(17-4-2-3-5-17)34(29,30)18-9-6-15(7-10-18)21(28)24-23-26-25-22(33-23)16-8-11-19-20(14-16)32-13-12-31-19/h6-11,14,17H,2-5,12-13H2,1H3,(H,24,26,28). The maximum Gasteiger partial charge on any atom is 0.322 e. The number of hydrogen-bond donors (Lipinski definition) is 1. The summed E-state index contributed by atoms with van der Waals surface area (Å²) in [7, 11) is -2.00. The summed E-state index contributed by atoms with van der Waals surface area (Å²) in [6, 6.07) is 11.0. The minimum atomic E-state index is -3.62. The van der Waals surface area contributed by atoms with Crippen LogP contribution in [-0.2, 0) is 10.0 Å². The highest BCUT2D eigenvalue weighted by atomic mass is 32.2. The maximum absolute atomic E-state index is 12.9. The van der Waals surface area contributed by atoms with Gasteiger partial charge in [0.1, 0.15) is 13.2 Å². The SMILES string of the molecule is CN(C1CCCC1)S(=O)(=O)c1ccc(C(=O)Nc2nnc(-c3ccc4c(c3)OCCO4)o2)cc1. The van der Waals surface area contributed by atoms with Crippen molar-refractivity contribution in [1.82, 2.24) is 14.5 Å². The van der Waals surface area contributed by atoms with E-state index >= 15 is 0 Å². The summed E-state index contributed by atoms with van der Waals surface area (Å²) < 4.78 is 43.9. The number of amides is 1. The topological polar surface area (TPSA) is 124 Å². The normalized spacial score (nSPS) is 16.1. The van der Waals surface area contributed by atoms with Crippen molar-refractivity contribution in [3.63, 3.8) is 0 Å². The van der Waals surface area contributed by atoms with Crippen molar-refractivity contribution in [2.24, 2.45) is 0 Å². The number of anilines is 1. The lowest BCUT2D eigenvalue weighted by molar-refractivity contribution is 0.102. The number of ether oxygens (including phenoxy) is 2. The van der Waals surface area contributed by atoms with Gasteiger partial charge in [0.25, 0.3) is 5.91 Å². The van der Waals surface area contributed by atoms with E-state index in [1.54, 1.807) is 25.2 Å². The maximum atomic E-state index is 12.9. The Morgan fingerprint density at radius 2 is 1.71 bits per heavy atom. The molecule has 1 N–H and O–H groups in total. The zero-order valence-electron chi connectivity index (χ0n) is 18.6. The summed E-state index contributed by atoms with van der Waals surface area (Å²) in [5.74, 6) is 0.943. The van der Waals surface area contributed by atoms with E-state index in [0.29, 0.717) is 30.3 Å². The zero-order valence-corrected chi connectivity index (χ0v) is 19.4. The molecule has 2 aliphatic rings. The summed E-state index contributed by atoms with van der Waals surface area (Å²) in [4.78, 5) is 12.8. The number of fused-ring (bicyclic) bond motifs is 1. The van der Waals surface area contributed by atoms with Crippen LogP contribution in [-0.4, -0.2) is 55.1 Å². The number of hydrogen-bond acceptors (Lipinski definition) is 8. The molecule has 0 saturated heterocycles. The molecule has 5 rings (SSSR count). The van der Waals surface area contributed by atoms with Gasteiger partial charge in [0.05, 0.1) is 4.90 Å². The molecule has 1 amide bonds. The van der Waals surface area contributed by atoms with Gasteiger partial charge in [0.2, 0.25) is 15.9 Å². The molecule has 0 atom stereocenters. The number of nitrogens with zero attached hydrogens (tertiary/aromatic N) is 3. The van der Waals surface area contributed by atoms with E-state index in [1.807, 2.05) is 0 Å².